The van der Waals surface area contributed by atoms with E-state index in [4.69, 9.17) is 0 Å². The minimum Gasteiger partial charge on any atom is -0.246 e. The van der Waals surface area contributed by atoms with Gasteiger partial charge in [0.2, 0.25) is 0 Å². The Bertz CT molecular complexity index is 476. The highest BCUT2D eigenvalue weighted by molar-refractivity contribution is 5.33. The molecular weight excluding hydrogens is 223 g/mol. The van der Waals surface area contributed by atoms with E-state index in [0.29, 0.717) is 5.92 Å². The molecule has 2 rings (SSSR count). The molecule has 0 amide bonds. The van der Waals surface area contributed by atoms with Crippen LogP contribution in [0.4, 0.5) is 4.39 Å². The molecule has 2 aromatic rings. The van der Waals surface area contributed by atoms with E-state index >= 15 is 0 Å². The first-order valence-corrected chi connectivity index (χ1v) is 6.32. The zero-order valence-corrected chi connectivity index (χ0v) is 10.6. The van der Waals surface area contributed by atoms with Gasteiger partial charge >= 0.3 is 0 Å². The van der Waals surface area contributed by atoms with Gasteiger partial charge in [-0.2, -0.15) is 0 Å². The Kier molecular flexibility index (Phi) is 4.52. The summed E-state index contributed by atoms with van der Waals surface area (Å²) in [6.45, 7) is 1.77. The van der Waals surface area contributed by atoms with Crippen molar-refractivity contribution >= 4 is 0 Å². The van der Waals surface area contributed by atoms with E-state index in [0.717, 1.165) is 17.5 Å². The first-order chi connectivity index (χ1) is 8.79. The second kappa shape index (κ2) is 6.34. The molecular formula is C17H18F. The maximum absolute atomic E-state index is 12.8. The minimum atomic E-state index is -0.398. The van der Waals surface area contributed by atoms with Crippen LogP contribution in [0.3, 0.4) is 0 Å². The molecule has 0 saturated heterocycles. The van der Waals surface area contributed by atoms with Gasteiger partial charge in [-0.05, 0) is 35.4 Å². The van der Waals surface area contributed by atoms with E-state index < -0.39 is 6.67 Å². The summed E-state index contributed by atoms with van der Waals surface area (Å²) in [4.78, 5) is 0. The molecule has 0 spiro atoms. The van der Waals surface area contributed by atoms with Gasteiger partial charge in [0.25, 0.3) is 0 Å². The van der Waals surface area contributed by atoms with Crippen molar-refractivity contribution in [3.8, 4) is 0 Å². The maximum atomic E-state index is 12.8. The number of benzene rings is 2. The van der Waals surface area contributed by atoms with Crippen LogP contribution in [0.1, 0.15) is 23.6 Å². The molecule has 0 bridgehead atoms. The number of alkyl halides is 1. The summed E-state index contributed by atoms with van der Waals surface area (Å²) in [6.07, 6.45) is 3.14. The van der Waals surface area contributed by atoms with Crippen molar-refractivity contribution in [3.05, 3.63) is 77.7 Å². The van der Waals surface area contributed by atoms with Crippen LogP contribution in [-0.2, 0) is 13.1 Å². The lowest BCUT2D eigenvalue weighted by molar-refractivity contribution is 0.483. The molecule has 1 unspecified atom stereocenters. The van der Waals surface area contributed by atoms with Crippen LogP contribution in [0.15, 0.2) is 54.6 Å². The zero-order chi connectivity index (χ0) is 12.8. The van der Waals surface area contributed by atoms with Crippen molar-refractivity contribution in [2.24, 2.45) is 5.92 Å². The smallest absolute Gasteiger partial charge is 0.115 e. The predicted molar refractivity (Wildman–Crippen MR) is 74.0 cm³/mol. The quantitative estimate of drug-likeness (QED) is 0.718. The van der Waals surface area contributed by atoms with Gasteiger partial charge in [0, 0.05) is 0 Å². The van der Waals surface area contributed by atoms with E-state index in [1.165, 1.54) is 5.56 Å². The van der Waals surface area contributed by atoms with Gasteiger partial charge in [-0.1, -0.05) is 61.5 Å². The van der Waals surface area contributed by atoms with Crippen molar-refractivity contribution in [1.29, 1.82) is 0 Å². The highest BCUT2D eigenvalue weighted by Gasteiger charge is 2.08. The molecule has 0 nitrogen and oxygen atoms in total. The van der Waals surface area contributed by atoms with E-state index in [1.54, 1.807) is 0 Å². The summed E-state index contributed by atoms with van der Waals surface area (Å²) < 4.78 is 12.8. The van der Waals surface area contributed by atoms with Crippen molar-refractivity contribution < 1.29 is 4.39 Å². The van der Waals surface area contributed by atoms with Crippen LogP contribution in [0, 0.1) is 12.3 Å². The fourth-order valence-corrected chi connectivity index (χ4v) is 2.17. The molecule has 0 aliphatic rings. The van der Waals surface area contributed by atoms with Crippen LogP contribution in [0.5, 0.6) is 0 Å². The Morgan fingerprint density at radius 3 is 2.39 bits per heavy atom. The summed E-state index contributed by atoms with van der Waals surface area (Å²) in [5.74, 6) is 0.403. The number of hydrogen-bond acceptors (Lipinski definition) is 0. The molecule has 18 heavy (non-hydrogen) atoms. The highest BCUT2D eigenvalue weighted by atomic mass is 19.1. The van der Waals surface area contributed by atoms with Crippen molar-refractivity contribution in [1.82, 2.24) is 0 Å². The topological polar surface area (TPSA) is 0 Å². The molecule has 2 aromatic carbocycles. The molecule has 0 aliphatic heterocycles. The van der Waals surface area contributed by atoms with Gasteiger partial charge in [0.1, 0.15) is 6.67 Å². The molecule has 0 saturated carbocycles. The van der Waals surface area contributed by atoms with Crippen LogP contribution in [0.2, 0.25) is 0 Å². The summed E-state index contributed by atoms with van der Waals surface area (Å²) in [5, 5.41) is 0. The second-order valence-electron chi connectivity index (χ2n) is 4.67. The standard InChI is InChI=1S/C17H18F/c1-14(11-15-7-3-2-4-8-15)12-16-9-5-6-10-17(16)13-18/h2-10,12,14H,11,13H2,1H3. The lowest BCUT2D eigenvalue weighted by Crippen LogP contribution is -2.03. The highest BCUT2D eigenvalue weighted by Crippen LogP contribution is 2.20. The van der Waals surface area contributed by atoms with Gasteiger partial charge in [0.15, 0.2) is 0 Å². The number of hydrogen-bond donors (Lipinski definition) is 0. The maximum Gasteiger partial charge on any atom is 0.115 e. The van der Waals surface area contributed by atoms with E-state index in [2.05, 4.69) is 37.6 Å². The molecule has 0 N–H and O–H groups in total. The van der Waals surface area contributed by atoms with E-state index in [9.17, 15) is 4.39 Å². The molecule has 0 aliphatic carbocycles. The predicted octanol–water partition coefficient (Wildman–Crippen LogP) is 4.59. The van der Waals surface area contributed by atoms with Crippen LogP contribution in [-0.4, -0.2) is 0 Å². The molecule has 93 valence electrons. The van der Waals surface area contributed by atoms with E-state index in [-0.39, 0.29) is 0 Å². The normalized spacial score (nSPS) is 12.3. The Hall–Kier alpha value is -1.63. The van der Waals surface area contributed by atoms with E-state index in [1.807, 2.05) is 30.3 Å². The molecule has 1 radical (unpaired) electrons. The largest absolute Gasteiger partial charge is 0.246 e. The Balaban J connectivity index is 2.01. The Morgan fingerprint density at radius 2 is 1.67 bits per heavy atom. The SMILES string of the molecule is CC([CH]c1ccccc1CF)Cc1ccccc1. The summed E-state index contributed by atoms with van der Waals surface area (Å²) in [5.41, 5.74) is 3.11. The number of halogens is 1. The lowest BCUT2D eigenvalue weighted by Gasteiger charge is -2.13. The average molecular weight is 241 g/mol. The first-order valence-electron chi connectivity index (χ1n) is 6.32. The van der Waals surface area contributed by atoms with Gasteiger partial charge in [-0.25, -0.2) is 4.39 Å². The summed E-state index contributed by atoms with van der Waals surface area (Å²) in [6, 6.07) is 18.1. The first kappa shape index (κ1) is 12.8. The molecule has 0 heterocycles. The summed E-state index contributed by atoms with van der Waals surface area (Å²) >= 11 is 0. The average Bonchev–Trinajstić information content (AvgIpc) is 2.40. The monoisotopic (exact) mass is 241 g/mol. The molecule has 1 atom stereocenters. The molecule has 0 fully saturated rings. The van der Waals surface area contributed by atoms with Gasteiger partial charge < -0.3 is 0 Å². The van der Waals surface area contributed by atoms with Gasteiger partial charge in [0.05, 0.1) is 0 Å². The fourth-order valence-electron chi connectivity index (χ4n) is 2.17. The fraction of sp³-hybridized carbons (Fsp3) is 0.235. The van der Waals surface area contributed by atoms with Crippen LogP contribution < -0.4 is 0 Å². The van der Waals surface area contributed by atoms with Crippen molar-refractivity contribution in [2.45, 2.75) is 20.0 Å². The summed E-state index contributed by atoms with van der Waals surface area (Å²) in [7, 11) is 0. The van der Waals surface area contributed by atoms with Crippen LogP contribution >= 0.6 is 0 Å². The Morgan fingerprint density at radius 1 is 1.00 bits per heavy atom. The Labute approximate surface area is 108 Å². The third-order valence-corrected chi connectivity index (χ3v) is 3.06. The molecule has 1 heteroatoms. The molecule has 0 aromatic heterocycles. The van der Waals surface area contributed by atoms with Gasteiger partial charge in [-0.15, -0.1) is 0 Å². The lowest BCUT2D eigenvalue weighted by atomic mass is 9.92. The third-order valence-electron chi connectivity index (χ3n) is 3.06. The minimum absolute atomic E-state index is 0.398. The van der Waals surface area contributed by atoms with Crippen molar-refractivity contribution in [2.75, 3.05) is 0 Å². The zero-order valence-electron chi connectivity index (χ0n) is 10.6. The third kappa shape index (κ3) is 3.43. The van der Waals surface area contributed by atoms with Gasteiger partial charge in [-0.3, -0.25) is 0 Å². The van der Waals surface area contributed by atoms with Crippen molar-refractivity contribution in [3.63, 3.8) is 0 Å². The second-order valence-corrected chi connectivity index (χ2v) is 4.67. The van der Waals surface area contributed by atoms with Crippen LogP contribution in [0.25, 0.3) is 0 Å². The number of rotatable bonds is 5.